The van der Waals surface area contributed by atoms with Crippen LogP contribution < -0.4 is 10.5 Å². The van der Waals surface area contributed by atoms with Gasteiger partial charge in [-0.2, -0.15) is 0 Å². The molecule has 1 atom stereocenters. The molecule has 23 heavy (non-hydrogen) atoms. The number of carbonyl (C=O) groups excluding carboxylic acids is 1. The zero-order valence-corrected chi connectivity index (χ0v) is 13.7. The van der Waals surface area contributed by atoms with Crippen molar-refractivity contribution >= 4 is 15.9 Å². The molecule has 1 amide bonds. The molecule has 0 radical (unpaired) electrons. The fraction of sp³-hybridized carbons (Fsp3) is 0.235. The van der Waals surface area contributed by atoms with Crippen molar-refractivity contribution in [3.63, 3.8) is 0 Å². The maximum Gasteiger partial charge on any atom is 0.248 e. The van der Waals surface area contributed by atoms with Gasteiger partial charge in [-0.1, -0.05) is 30.3 Å². The maximum absolute atomic E-state index is 12.3. The van der Waals surface area contributed by atoms with E-state index in [1.807, 2.05) is 37.3 Å². The number of aryl methyl sites for hydroxylation is 1. The van der Waals surface area contributed by atoms with E-state index in [-0.39, 0.29) is 16.5 Å². The van der Waals surface area contributed by atoms with Gasteiger partial charge in [0.25, 0.3) is 0 Å². The van der Waals surface area contributed by atoms with Crippen molar-refractivity contribution in [3.05, 3.63) is 65.7 Å². The molecule has 0 aliphatic heterocycles. The van der Waals surface area contributed by atoms with Gasteiger partial charge in [0, 0.05) is 11.6 Å². The van der Waals surface area contributed by atoms with E-state index >= 15 is 0 Å². The second-order valence-corrected chi connectivity index (χ2v) is 7.15. The number of hydrogen-bond donors (Lipinski definition) is 2. The van der Waals surface area contributed by atoms with E-state index in [4.69, 9.17) is 5.73 Å². The highest BCUT2D eigenvalue weighted by atomic mass is 32.2. The molecule has 0 heterocycles. The monoisotopic (exact) mass is 332 g/mol. The number of sulfonamides is 1. The van der Waals surface area contributed by atoms with E-state index in [0.29, 0.717) is 6.42 Å². The molecule has 0 aliphatic carbocycles. The molecule has 0 aliphatic rings. The zero-order valence-electron chi connectivity index (χ0n) is 12.9. The van der Waals surface area contributed by atoms with Crippen molar-refractivity contribution in [1.82, 2.24) is 4.72 Å². The molecule has 2 aromatic carbocycles. The third-order valence-electron chi connectivity index (χ3n) is 3.51. The summed E-state index contributed by atoms with van der Waals surface area (Å²) in [5, 5.41) is 0. The predicted octanol–water partition coefficient (Wildman–Crippen LogP) is 2.09. The Hall–Kier alpha value is -2.18. The Balaban J connectivity index is 1.98. The summed E-state index contributed by atoms with van der Waals surface area (Å²) in [6, 6.07) is 15.3. The Morgan fingerprint density at radius 3 is 2.26 bits per heavy atom. The molecule has 1 unspecified atom stereocenters. The smallest absolute Gasteiger partial charge is 0.248 e. The molecule has 2 rings (SSSR count). The standard InChI is InChI=1S/C17H20N2O3S/c1-13(7-8-14-5-3-2-4-6-14)19-23(21,22)16-11-9-15(10-12-16)17(18)20/h2-6,9-13,19H,7-8H2,1H3,(H2,18,20). The Morgan fingerprint density at radius 2 is 1.70 bits per heavy atom. The van der Waals surface area contributed by atoms with E-state index in [2.05, 4.69) is 4.72 Å². The van der Waals surface area contributed by atoms with Crippen LogP contribution in [-0.4, -0.2) is 20.4 Å². The molecule has 5 nitrogen and oxygen atoms in total. The van der Waals surface area contributed by atoms with Crippen LogP contribution in [0.1, 0.15) is 29.3 Å². The van der Waals surface area contributed by atoms with E-state index in [1.54, 1.807) is 0 Å². The summed E-state index contributed by atoms with van der Waals surface area (Å²) >= 11 is 0. The van der Waals surface area contributed by atoms with Gasteiger partial charge < -0.3 is 5.73 Å². The lowest BCUT2D eigenvalue weighted by Crippen LogP contribution is -2.33. The van der Waals surface area contributed by atoms with E-state index in [0.717, 1.165) is 6.42 Å². The van der Waals surface area contributed by atoms with Gasteiger partial charge in [-0.15, -0.1) is 0 Å². The largest absolute Gasteiger partial charge is 0.366 e. The fourth-order valence-corrected chi connectivity index (χ4v) is 3.50. The first-order valence-corrected chi connectivity index (χ1v) is 8.83. The normalized spacial score (nSPS) is 12.7. The second-order valence-electron chi connectivity index (χ2n) is 5.44. The minimum absolute atomic E-state index is 0.120. The highest BCUT2D eigenvalue weighted by Gasteiger charge is 2.17. The lowest BCUT2D eigenvalue weighted by molar-refractivity contribution is 0.1000. The lowest BCUT2D eigenvalue weighted by Gasteiger charge is -2.14. The van der Waals surface area contributed by atoms with E-state index < -0.39 is 15.9 Å². The van der Waals surface area contributed by atoms with Crippen LogP contribution in [-0.2, 0) is 16.4 Å². The van der Waals surface area contributed by atoms with Crippen molar-refractivity contribution in [1.29, 1.82) is 0 Å². The lowest BCUT2D eigenvalue weighted by atomic mass is 10.1. The number of nitrogens with one attached hydrogen (secondary N) is 1. The quantitative estimate of drug-likeness (QED) is 0.813. The van der Waals surface area contributed by atoms with Crippen molar-refractivity contribution in [3.8, 4) is 0 Å². The summed E-state index contributed by atoms with van der Waals surface area (Å²) in [5.41, 5.74) is 6.59. The van der Waals surface area contributed by atoms with Gasteiger partial charge in [0.2, 0.25) is 15.9 Å². The van der Waals surface area contributed by atoms with Crippen LogP contribution in [0.3, 0.4) is 0 Å². The second kappa shape index (κ2) is 7.39. The molecule has 3 N–H and O–H groups in total. The van der Waals surface area contributed by atoms with Crippen LogP contribution in [0, 0.1) is 0 Å². The van der Waals surface area contributed by atoms with Gasteiger partial charge >= 0.3 is 0 Å². The van der Waals surface area contributed by atoms with Crippen molar-refractivity contribution in [2.75, 3.05) is 0 Å². The zero-order chi connectivity index (χ0) is 16.9. The molecule has 6 heteroatoms. The Bertz CT molecular complexity index is 756. The molecule has 0 aromatic heterocycles. The number of carbonyl (C=O) groups is 1. The molecule has 2 aromatic rings. The van der Waals surface area contributed by atoms with Crippen LogP contribution in [0.4, 0.5) is 0 Å². The van der Waals surface area contributed by atoms with Crippen LogP contribution in [0.25, 0.3) is 0 Å². The average Bonchev–Trinajstić information content (AvgIpc) is 2.53. The molecular weight excluding hydrogens is 312 g/mol. The van der Waals surface area contributed by atoms with Gasteiger partial charge in [0.1, 0.15) is 0 Å². The molecule has 0 saturated heterocycles. The summed E-state index contributed by atoms with van der Waals surface area (Å²) in [4.78, 5) is 11.1. The number of amides is 1. The van der Waals surface area contributed by atoms with Crippen LogP contribution in [0.5, 0.6) is 0 Å². The molecule has 0 saturated carbocycles. The van der Waals surface area contributed by atoms with Gasteiger partial charge in [-0.3, -0.25) is 4.79 Å². The van der Waals surface area contributed by atoms with Crippen LogP contribution in [0.2, 0.25) is 0 Å². The van der Waals surface area contributed by atoms with Crippen LogP contribution in [0.15, 0.2) is 59.5 Å². The molecule has 0 bridgehead atoms. The average molecular weight is 332 g/mol. The first-order valence-electron chi connectivity index (χ1n) is 7.34. The number of primary amides is 1. The first kappa shape index (κ1) is 17.2. The minimum atomic E-state index is -3.61. The highest BCUT2D eigenvalue weighted by Crippen LogP contribution is 2.12. The highest BCUT2D eigenvalue weighted by molar-refractivity contribution is 7.89. The summed E-state index contributed by atoms with van der Waals surface area (Å²) in [6.07, 6.45) is 1.49. The molecule has 0 spiro atoms. The molecule has 0 fully saturated rings. The molecular formula is C17H20N2O3S. The number of rotatable bonds is 7. The van der Waals surface area contributed by atoms with E-state index in [1.165, 1.54) is 29.8 Å². The fourth-order valence-electron chi connectivity index (χ4n) is 2.22. The SMILES string of the molecule is CC(CCc1ccccc1)NS(=O)(=O)c1ccc(C(N)=O)cc1. The Kier molecular flexibility index (Phi) is 5.52. The summed E-state index contributed by atoms with van der Waals surface area (Å²) < 4.78 is 27.3. The Morgan fingerprint density at radius 1 is 1.09 bits per heavy atom. The maximum atomic E-state index is 12.3. The third kappa shape index (κ3) is 4.91. The summed E-state index contributed by atoms with van der Waals surface area (Å²) in [6.45, 7) is 1.83. The number of nitrogens with two attached hydrogens (primary N) is 1. The predicted molar refractivity (Wildman–Crippen MR) is 89.5 cm³/mol. The third-order valence-corrected chi connectivity index (χ3v) is 5.12. The summed E-state index contributed by atoms with van der Waals surface area (Å²) in [7, 11) is -3.61. The van der Waals surface area contributed by atoms with E-state index in [9.17, 15) is 13.2 Å². The number of hydrogen-bond acceptors (Lipinski definition) is 3. The number of benzene rings is 2. The van der Waals surface area contributed by atoms with Gasteiger partial charge in [0.05, 0.1) is 4.90 Å². The van der Waals surface area contributed by atoms with Gasteiger partial charge in [0.15, 0.2) is 0 Å². The van der Waals surface area contributed by atoms with Gasteiger partial charge in [-0.25, -0.2) is 13.1 Å². The first-order chi connectivity index (χ1) is 10.9. The summed E-state index contributed by atoms with van der Waals surface area (Å²) in [5.74, 6) is -0.585. The molecule has 122 valence electrons. The Labute approximate surface area is 136 Å². The van der Waals surface area contributed by atoms with Crippen molar-refractivity contribution in [2.45, 2.75) is 30.7 Å². The topological polar surface area (TPSA) is 89.3 Å². The van der Waals surface area contributed by atoms with Crippen molar-refractivity contribution in [2.24, 2.45) is 5.73 Å². The van der Waals surface area contributed by atoms with Gasteiger partial charge in [-0.05, 0) is 49.6 Å². The van der Waals surface area contributed by atoms with Crippen molar-refractivity contribution < 1.29 is 13.2 Å². The van der Waals surface area contributed by atoms with Crippen LogP contribution >= 0.6 is 0 Å². The minimum Gasteiger partial charge on any atom is -0.366 e.